The van der Waals surface area contributed by atoms with Crippen molar-refractivity contribution in [3.05, 3.63) is 100 Å². The molecule has 7 nitrogen and oxygen atoms in total. The molecular weight excluding hydrogens is 536 g/mol. The lowest BCUT2D eigenvalue weighted by atomic mass is 9.82. The largest absolute Gasteiger partial charge is 0.492 e. The molecule has 3 aromatic rings. The molecular formula is C33H37ClN4O3. The van der Waals surface area contributed by atoms with Gasteiger partial charge in [0.1, 0.15) is 5.75 Å². The van der Waals surface area contributed by atoms with Crippen molar-refractivity contribution in [1.82, 2.24) is 20.1 Å². The SMILES string of the molecule is CC(=O)N1CC2N[C@@H](CC(c3ccc(CCCOc4ccccc4Cl)cc3)=C2C(=O)N(C)CCc2ccccn2)C1. The number of nitrogens with zero attached hydrogens (tertiary/aromatic N) is 3. The van der Waals surface area contributed by atoms with Gasteiger partial charge in [0, 0.05) is 63.5 Å². The molecule has 1 saturated heterocycles. The van der Waals surface area contributed by atoms with Crippen molar-refractivity contribution < 1.29 is 14.3 Å². The maximum Gasteiger partial charge on any atom is 0.251 e. The standard InChI is InChI=1S/C33H37ClN4O3/c1-23(39)38-21-27-20-28(25-14-12-24(13-15-25)8-7-19-41-31-11-4-3-10-29(31)34)32(30(22-38)36-27)33(40)37(2)18-16-26-9-5-6-17-35-26/h3-6,9-15,17,27,30,36H,7-8,16,18-22H2,1-2H3/t27-,30?/m0/s1. The monoisotopic (exact) mass is 572 g/mol. The topological polar surface area (TPSA) is 74.8 Å². The Morgan fingerprint density at radius 2 is 1.83 bits per heavy atom. The number of benzene rings is 2. The number of pyridine rings is 1. The maximum atomic E-state index is 13.9. The quantitative estimate of drug-likeness (QED) is 0.354. The second kappa shape index (κ2) is 13.3. The number of aryl methyl sites for hydroxylation is 1. The number of piperazine rings is 1. The van der Waals surface area contributed by atoms with Gasteiger partial charge in [0.15, 0.2) is 0 Å². The predicted molar refractivity (Wildman–Crippen MR) is 162 cm³/mol. The van der Waals surface area contributed by atoms with Crippen LogP contribution in [0, 0.1) is 0 Å². The van der Waals surface area contributed by atoms with E-state index in [4.69, 9.17) is 16.3 Å². The van der Waals surface area contributed by atoms with Crippen LogP contribution in [0.5, 0.6) is 5.75 Å². The average molecular weight is 573 g/mol. The Kier molecular flexibility index (Phi) is 9.37. The number of hydrogen-bond donors (Lipinski definition) is 1. The number of fused-ring (bicyclic) bond motifs is 2. The van der Waals surface area contributed by atoms with Crippen molar-refractivity contribution in [1.29, 1.82) is 0 Å². The molecule has 8 heteroatoms. The summed E-state index contributed by atoms with van der Waals surface area (Å²) >= 11 is 6.19. The fourth-order valence-corrected chi connectivity index (χ4v) is 5.84. The minimum atomic E-state index is -0.201. The summed E-state index contributed by atoms with van der Waals surface area (Å²) in [5.74, 6) is 0.750. The van der Waals surface area contributed by atoms with E-state index in [1.54, 1.807) is 18.0 Å². The van der Waals surface area contributed by atoms with E-state index in [1.165, 1.54) is 5.56 Å². The summed E-state index contributed by atoms with van der Waals surface area (Å²) in [5, 5.41) is 4.25. The lowest BCUT2D eigenvalue weighted by molar-refractivity contribution is -0.132. The van der Waals surface area contributed by atoms with Crippen molar-refractivity contribution in [3.8, 4) is 5.75 Å². The highest BCUT2D eigenvalue weighted by Crippen LogP contribution is 2.34. The molecule has 0 saturated carbocycles. The van der Waals surface area contributed by atoms with E-state index in [-0.39, 0.29) is 23.9 Å². The summed E-state index contributed by atoms with van der Waals surface area (Å²) in [6.07, 6.45) is 4.90. The molecule has 1 N–H and O–H groups in total. The summed E-state index contributed by atoms with van der Waals surface area (Å²) < 4.78 is 5.84. The Balaban J connectivity index is 1.31. The lowest BCUT2D eigenvalue weighted by Gasteiger charge is -2.44. The van der Waals surface area contributed by atoms with Crippen LogP contribution in [0.1, 0.15) is 36.6 Å². The number of amides is 2. The van der Waals surface area contributed by atoms with Crippen LogP contribution in [0.15, 0.2) is 78.5 Å². The van der Waals surface area contributed by atoms with Crippen LogP contribution in [0.25, 0.3) is 5.57 Å². The minimum absolute atomic E-state index is 0.00178. The Morgan fingerprint density at radius 3 is 2.56 bits per heavy atom. The number of ether oxygens (including phenoxy) is 1. The Morgan fingerprint density at radius 1 is 1.05 bits per heavy atom. The van der Waals surface area contributed by atoms with Crippen LogP contribution in [0.4, 0.5) is 0 Å². The van der Waals surface area contributed by atoms with Crippen LogP contribution in [-0.4, -0.2) is 72.0 Å². The summed E-state index contributed by atoms with van der Waals surface area (Å²) in [5.41, 5.74) is 5.07. The van der Waals surface area contributed by atoms with Gasteiger partial charge < -0.3 is 19.9 Å². The minimum Gasteiger partial charge on any atom is -0.492 e. The number of nitrogens with one attached hydrogen (secondary N) is 1. The van der Waals surface area contributed by atoms with Crippen molar-refractivity contribution in [2.75, 3.05) is 33.3 Å². The fraction of sp³-hybridized carbons (Fsp3) is 0.364. The van der Waals surface area contributed by atoms with Crippen LogP contribution in [0.3, 0.4) is 0 Å². The van der Waals surface area contributed by atoms with Crippen LogP contribution >= 0.6 is 11.6 Å². The van der Waals surface area contributed by atoms with Crippen LogP contribution < -0.4 is 10.1 Å². The zero-order chi connectivity index (χ0) is 28.8. The van der Waals surface area contributed by atoms with E-state index in [9.17, 15) is 9.59 Å². The average Bonchev–Trinajstić information content (AvgIpc) is 2.99. The second-order valence-electron chi connectivity index (χ2n) is 10.8. The fourth-order valence-electron chi connectivity index (χ4n) is 5.65. The number of rotatable bonds is 10. The Hall–Kier alpha value is -3.68. The lowest BCUT2D eigenvalue weighted by Crippen LogP contribution is -2.61. The number of aromatic nitrogens is 1. The van der Waals surface area contributed by atoms with E-state index in [1.807, 2.05) is 54.4 Å². The third-order valence-corrected chi connectivity index (χ3v) is 8.18. The molecule has 5 rings (SSSR count). The number of halogens is 1. The molecule has 2 aromatic carbocycles. The first kappa shape index (κ1) is 28.8. The van der Waals surface area contributed by atoms with Gasteiger partial charge in [0.2, 0.25) is 5.91 Å². The molecule has 0 aliphatic carbocycles. The molecule has 2 atom stereocenters. The Bertz CT molecular complexity index is 1390. The molecule has 2 amide bonds. The molecule has 214 valence electrons. The van der Waals surface area contributed by atoms with Gasteiger partial charge in [-0.05, 0) is 60.2 Å². The molecule has 0 radical (unpaired) electrons. The highest BCUT2D eigenvalue weighted by molar-refractivity contribution is 6.32. The number of hydrogen-bond acceptors (Lipinski definition) is 5. The van der Waals surface area contributed by atoms with Gasteiger partial charge >= 0.3 is 0 Å². The zero-order valence-electron chi connectivity index (χ0n) is 23.7. The first-order valence-corrected chi connectivity index (χ1v) is 14.6. The van der Waals surface area contributed by atoms with E-state index in [0.29, 0.717) is 49.9 Å². The molecule has 2 aliphatic heterocycles. The number of carbonyl (C=O) groups excluding carboxylic acids is 2. The number of para-hydroxylation sites is 1. The van der Waals surface area contributed by atoms with Crippen molar-refractivity contribution in [3.63, 3.8) is 0 Å². The van der Waals surface area contributed by atoms with Gasteiger partial charge in [-0.15, -0.1) is 0 Å². The third-order valence-electron chi connectivity index (χ3n) is 7.86. The summed E-state index contributed by atoms with van der Waals surface area (Å²) in [7, 11) is 1.85. The maximum absolute atomic E-state index is 13.9. The molecule has 3 heterocycles. The first-order valence-electron chi connectivity index (χ1n) is 14.3. The van der Waals surface area contributed by atoms with E-state index in [0.717, 1.165) is 35.2 Å². The van der Waals surface area contributed by atoms with Gasteiger partial charge in [0.05, 0.1) is 17.7 Å². The highest BCUT2D eigenvalue weighted by atomic mass is 35.5. The van der Waals surface area contributed by atoms with Crippen molar-refractivity contribution >= 4 is 29.0 Å². The molecule has 1 aromatic heterocycles. The van der Waals surface area contributed by atoms with Crippen LogP contribution in [-0.2, 0) is 22.4 Å². The van der Waals surface area contributed by atoms with Gasteiger partial charge in [-0.1, -0.05) is 54.1 Å². The second-order valence-corrected chi connectivity index (χ2v) is 11.2. The number of carbonyl (C=O) groups is 2. The molecule has 41 heavy (non-hydrogen) atoms. The van der Waals surface area contributed by atoms with E-state index >= 15 is 0 Å². The molecule has 1 unspecified atom stereocenters. The summed E-state index contributed by atoms with van der Waals surface area (Å²) in [6.45, 7) is 3.89. The zero-order valence-corrected chi connectivity index (χ0v) is 24.4. The molecule has 1 fully saturated rings. The molecule has 0 spiro atoms. The first-order chi connectivity index (χ1) is 19.9. The summed E-state index contributed by atoms with van der Waals surface area (Å²) in [6, 6.07) is 21.8. The number of likely N-dealkylation sites (N-methyl/N-ethyl adjacent to an activating group) is 1. The third kappa shape index (κ3) is 7.16. The van der Waals surface area contributed by atoms with E-state index < -0.39 is 0 Å². The van der Waals surface area contributed by atoms with E-state index in [2.05, 4.69) is 34.6 Å². The van der Waals surface area contributed by atoms with Crippen molar-refractivity contribution in [2.24, 2.45) is 0 Å². The summed E-state index contributed by atoms with van der Waals surface area (Å²) in [4.78, 5) is 34.2. The molecule has 2 bridgehead atoms. The predicted octanol–water partition coefficient (Wildman–Crippen LogP) is 4.79. The molecule has 2 aliphatic rings. The smallest absolute Gasteiger partial charge is 0.251 e. The van der Waals surface area contributed by atoms with Gasteiger partial charge in [0.25, 0.3) is 5.91 Å². The van der Waals surface area contributed by atoms with Gasteiger partial charge in [-0.2, -0.15) is 0 Å². The van der Waals surface area contributed by atoms with Crippen LogP contribution in [0.2, 0.25) is 5.02 Å². The van der Waals surface area contributed by atoms with Crippen molar-refractivity contribution in [2.45, 2.75) is 44.7 Å². The highest BCUT2D eigenvalue weighted by Gasteiger charge is 2.39. The Labute approximate surface area is 247 Å². The van der Waals surface area contributed by atoms with Gasteiger partial charge in [-0.3, -0.25) is 14.6 Å². The normalized spacial score (nSPS) is 18.3. The van der Waals surface area contributed by atoms with Gasteiger partial charge in [-0.25, -0.2) is 0 Å².